The van der Waals surface area contributed by atoms with Crippen molar-refractivity contribution < 1.29 is 28.9 Å². The molecule has 0 heterocycles. The van der Waals surface area contributed by atoms with Crippen LogP contribution in [0.25, 0.3) is 0 Å². The maximum atomic E-state index is 11.6. The van der Waals surface area contributed by atoms with E-state index in [1.807, 2.05) is 37.3 Å². The Bertz CT molecular complexity index is 552. The van der Waals surface area contributed by atoms with Gasteiger partial charge in [0.25, 0.3) is 6.47 Å². The third-order valence-corrected chi connectivity index (χ3v) is 4.68. The summed E-state index contributed by atoms with van der Waals surface area (Å²) in [5, 5.41) is 10.5. The predicted molar refractivity (Wildman–Crippen MR) is 90.9 cm³/mol. The van der Waals surface area contributed by atoms with Crippen molar-refractivity contribution in [1.82, 2.24) is 0 Å². The number of halogens is 1. The molecule has 1 fully saturated rings. The fourth-order valence-electron chi connectivity index (χ4n) is 3.29. The topological polar surface area (TPSA) is 82.1 Å². The van der Waals surface area contributed by atoms with E-state index in [9.17, 15) is 14.7 Å². The SMILES string of the molecule is C[C@@H]1C(OCc2ccccc2)[C@H](O)CC(COC=O)[C@H]1OC(=O)CCl. The summed E-state index contributed by atoms with van der Waals surface area (Å²) in [5.74, 6) is -1.39. The molecule has 7 heteroatoms. The average molecular weight is 371 g/mol. The molecule has 1 saturated carbocycles. The number of benzene rings is 1. The van der Waals surface area contributed by atoms with Crippen LogP contribution < -0.4 is 0 Å². The Morgan fingerprint density at radius 3 is 2.68 bits per heavy atom. The third kappa shape index (κ3) is 5.42. The van der Waals surface area contributed by atoms with Crippen LogP contribution in [0.3, 0.4) is 0 Å². The number of esters is 1. The molecule has 0 saturated heterocycles. The summed E-state index contributed by atoms with van der Waals surface area (Å²) in [6.45, 7) is 2.60. The average Bonchev–Trinajstić information content (AvgIpc) is 2.63. The largest absolute Gasteiger partial charge is 0.467 e. The quantitative estimate of drug-likeness (QED) is 0.427. The van der Waals surface area contributed by atoms with Crippen molar-refractivity contribution in [2.24, 2.45) is 11.8 Å². The molecule has 2 rings (SSSR count). The smallest absolute Gasteiger partial charge is 0.321 e. The zero-order valence-corrected chi connectivity index (χ0v) is 14.8. The number of ether oxygens (including phenoxy) is 3. The van der Waals surface area contributed by atoms with Gasteiger partial charge in [-0.05, 0) is 12.0 Å². The molecule has 25 heavy (non-hydrogen) atoms. The number of carbonyl (C=O) groups is 2. The van der Waals surface area contributed by atoms with E-state index < -0.39 is 24.3 Å². The molecule has 0 spiro atoms. The molecule has 1 aromatic carbocycles. The van der Waals surface area contributed by atoms with Gasteiger partial charge >= 0.3 is 5.97 Å². The van der Waals surface area contributed by atoms with E-state index in [2.05, 4.69) is 0 Å². The Kier molecular flexibility index (Phi) is 7.68. The first-order valence-corrected chi connectivity index (χ1v) is 8.74. The number of rotatable bonds is 8. The summed E-state index contributed by atoms with van der Waals surface area (Å²) >= 11 is 5.53. The molecule has 1 aliphatic carbocycles. The van der Waals surface area contributed by atoms with Crippen molar-refractivity contribution in [2.75, 3.05) is 12.5 Å². The molecule has 0 aliphatic heterocycles. The lowest BCUT2D eigenvalue weighted by Gasteiger charge is -2.42. The molecule has 0 amide bonds. The highest BCUT2D eigenvalue weighted by Crippen LogP contribution is 2.35. The standard InChI is InChI=1S/C18H23ClO6/c1-12-17(25-16(22)8-19)14(10-23-11-20)7-15(21)18(12)24-9-13-5-3-2-4-6-13/h2-6,11-12,14-15,17-18,21H,7-10H2,1H3/t12-,14?,15+,17-,18?/m0/s1. The summed E-state index contributed by atoms with van der Waals surface area (Å²) in [6, 6.07) is 9.62. The summed E-state index contributed by atoms with van der Waals surface area (Å²) in [4.78, 5) is 22.1. The number of hydrogen-bond acceptors (Lipinski definition) is 6. The molecule has 138 valence electrons. The number of hydrogen-bond donors (Lipinski definition) is 1. The Balaban J connectivity index is 2.07. The van der Waals surface area contributed by atoms with E-state index in [4.69, 9.17) is 25.8 Å². The minimum atomic E-state index is -0.745. The van der Waals surface area contributed by atoms with E-state index in [-0.39, 0.29) is 24.3 Å². The highest BCUT2D eigenvalue weighted by atomic mass is 35.5. The minimum absolute atomic E-state index is 0.0660. The van der Waals surface area contributed by atoms with Gasteiger partial charge < -0.3 is 19.3 Å². The Labute approximate surface area is 152 Å². The van der Waals surface area contributed by atoms with E-state index in [0.717, 1.165) is 5.56 Å². The first kappa shape index (κ1) is 19.7. The van der Waals surface area contributed by atoms with Crippen LogP contribution in [-0.4, -0.2) is 48.3 Å². The first-order chi connectivity index (χ1) is 12.1. The maximum Gasteiger partial charge on any atom is 0.321 e. The Morgan fingerprint density at radius 2 is 2.04 bits per heavy atom. The molecule has 0 aromatic heterocycles. The number of alkyl halides is 1. The molecule has 5 atom stereocenters. The van der Waals surface area contributed by atoms with Crippen LogP contribution in [0.2, 0.25) is 0 Å². The van der Waals surface area contributed by atoms with Crippen LogP contribution in [0.1, 0.15) is 18.9 Å². The third-order valence-electron chi connectivity index (χ3n) is 4.46. The van der Waals surface area contributed by atoms with Gasteiger partial charge in [0.05, 0.1) is 25.4 Å². The van der Waals surface area contributed by atoms with E-state index in [1.165, 1.54) is 0 Å². The van der Waals surface area contributed by atoms with Gasteiger partial charge in [-0.2, -0.15) is 0 Å². The molecular formula is C18H23ClO6. The second kappa shape index (κ2) is 9.75. The number of aliphatic hydroxyl groups excluding tert-OH is 1. The summed E-state index contributed by atoms with van der Waals surface area (Å²) in [5.41, 5.74) is 0.989. The van der Waals surface area contributed by atoms with Crippen LogP contribution in [0.4, 0.5) is 0 Å². The fourth-order valence-corrected chi connectivity index (χ4v) is 3.35. The van der Waals surface area contributed by atoms with Crippen LogP contribution in [0.15, 0.2) is 30.3 Å². The van der Waals surface area contributed by atoms with E-state index in [0.29, 0.717) is 19.5 Å². The van der Waals surface area contributed by atoms with E-state index in [1.54, 1.807) is 0 Å². The molecule has 6 nitrogen and oxygen atoms in total. The highest BCUT2D eigenvalue weighted by molar-refractivity contribution is 6.26. The lowest BCUT2D eigenvalue weighted by Crippen LogP contribution is -2.52. The summed E-state index contributed by atoms with van der Waals surface area (Å²) < 4.78 is 16.2. The Hall–Kier alpha value is -1.63. The summed E-state index contributed by atoms with van der Waals surface area (Å²) in [6.07, 6.45) is -1.49. The van der Waals surface area contributed by atoms with Gasteiger partial charge in [-0.3, -0.25) is 9.59 Å². The van der Waals surface area contributed by atoms with Gasteiger partial charge in [0.1, 0.15) is 12.0 Å². The van der Waals surface area contributed by atoms with Crippen LogP contribution in [0.5, 0.6) is 0 Å². The van der Waals surface area contributed by atoms with Gasteiger partial charge in [0, 0.05) is 11.8 Å². The zero-order valence-electron chi connectivity index (χ0n) is 14.0. The first-order valence-electron chi connectivity index (χ1n) is 8.21. The van der Waals surface area contributed by atoms with E-state index >= 15 is 0 Å². The monoisotopic (exact) mass is 370 g/mol. The molecular weight excluding hydrogens is 348 g/mol. The normalized spacial score (nSPS) is 29.0. The van der Waals surface area contributed by atoms with Crippen molar-refractivity contribution in [3.8, 4) is 0 Å². The molecule has 0 bridgehead atoms. The zero-order chi connectivity index (χ0) is 18.2. The Morgan fingerprint density at radius 1 is 1.32 bits per heavy atom. The lowest BCUT2D eigenvalue weighted by molar-refractivity contribution is -0.183. The predicted octanol–water partition coefficient (Wildman–Crippen LogP) is 1.91. The number of carbonyl (C=O) groups excluding carboxylic acids is 2. The van der Waals surface area contributed by atoms with Crippen molar-refractivity contribution in [3.63, 3.8) is 0 Å². The van der Waals surface area contributed by atoms with Gasteiger partial charge in [-0.25, -0.2) is 0 Å². The molecule has 1 aromatic rings. The molecule has 1 aliphatic rings. The van der Waals surface area contributed by atoms with Crippen LogP contribution in [0, 0.1) is 11.8 Å². The van der Waals surface area contributed by atoms with Crippen molar-refractivity contribution in [1.29, 1.82) is 0 Å². The molecule has 0 radical (unpaired) electrons. The van der Waals surface area contributed by atoms with Gasteiger partial charge in [0.2, 0.25) is 0 Å². The highest BCUT2D eigenvalue weighted by Gasteiger charge is 2.45. The second-order valence-electron chi connectivity index (χ2n) is 6.20. The van der Waals surface area contributed by atoms with Crippen molar-refractivity contribution >= 4 is 24.0 Å². The van der Waals surface area contributed by atoms with Gasteiger partial charge in [0.15, 0.2) is 0 Å². The summed E-state index contributed by atoms with van der Waals surface area (Å²) in [7, 11) is 0. The van der Waals surface area contributed by atoms with Crippen molar-refractivity contribution in [3.05, 3.63) is 35.9 Å². The maximum absolute atomic E-state index is 11.6. The van der Waals surface area contributed by atoms with Crippen LogP contribution >= 0.6 is 11.6 Å². The van der Waals surface area contributed by atoms with Crippen LogP contribution in [-0.2, 0) is 30.4 Å². The van der Waals surface area contributed by atoms with Gasteiger partial charge in [-0.1, -0.05) is 37.3 Å². The van der Waals surface area contributed by atoms with Gasteiger partial charge in [-0.15, -0.1) is 11.6 Å². The number of aliphatic hydroxyl groups is 1. The second-order valence-corrected chi connectivity index (χ2v) is 6.47. The lowest BCUT2D eigenvalue weighted by atomic mass is 9.76. The molecule has 2 unspecified atom stereocenters. The molecule has 1 N–H and O–H groups in total. The minimum Gasteiger partial charge on any atom is -0.467 e. The fraction of sp³-hybridized carbons (Fsp3) is 0.556. The van der Waals surface area contributed by atoms with Crippen molar-refractivity contribution in [2.45, 2.75) is 38.3 Å².